The van der Waals surface area contributed by atoms with E-state index in [2.05, 4.69) is 0 Å². The zero-order valence-corrected chi connectivity index (χ0v) is 8.50. The number of carbonyl (C=O) groups is 2. The van der Waals surface area contributed by atoms with Crippen molar-refractivity contribution in [2.24, 2.45) is 0 Å². The van der Waals surface area contributed by atoms with Gasteiger partial charge in [0.05, 0.1) is 13.0 Å². The topological polar surface area (TPSA) is 66.8 Å². The van der Waals surface area contributed by atoms with E-state index in [1.165, 1.54) is 0 Å². The van der Waals surface area contributed by atoms with Gasteiger partial charge in [-0.05, 0) is 5.56 Å². The summed E-state index contributed by atoms with van der Waals surface area (Å²) in [5.74, 6) is -1.32. The minimum absolute atomic E-state index is 0.0951. The molecule has 1 saturated heterocycles. The van der Waals surface area contributed by atoms with Crippen LogP contribution in [0.1, 0.15) is 12.0 Å². The number of ether oxygens (including phenoxy) is 1. The van der Waals surface area contributed by atoms with Gasteiger partial charge in [0.2, 0.25) is 0 Å². The molecule has 0 radical (unpaired) electrons. The zero-order valence-electron chi connectivity index (χ0n) is 8.50. The summed E-state index contributed by atoms with van der Waals surface area (Å²) in [6.07, 6.45) is -0.958. The second-order valence-electron chi connectivity index (χ2n) is 3.53. The molecule has 1 aromatic rings. The van der Waals surface area contributed by atoms with Crippen molar-refractivity contribution in [3.63, 3.8) is 0 Å². The molecule has 2 amide bonds. The number of carbonyl (C=O) groups excluding carboxylic acids is 2. The average Bonchev–Trinajstić information content (AvgIpc) is 2.56. The Morgan fingerprint density at radius 2 is 2.00 bits per heavy atom. The Morgan fingerprint density at radius 3 is 2.56 bits per heavy atom. The number of amides is 2. The first-order chi connectivity index (χ1) is 7.68. The molecule has 2 rings (SSSR count). The summed E-state index contributed by atoms with van der Waals surface area (Å²) in [5, 5.41) is 9.11. The largest absolute Gasteiger partial charge is 0.363 e. The van der Waals surface area contributed by atoms with Crippen LogP contribution in [-0.4, -0.2) is 28.2 Å². The highest BCUT2D eigenvalue weighted by molar-refractivity contribution is 6.03. The molecule has 0 saturated carbocycles. The van der Waals surface area contributed by atoms with Gasteiger partial charge in [0.15, 0.2) is 0 Å². The summed E-state index contributed by atoms with van der Waals surface area (Å²) in [7, 11) is 0. The van der Waals surface area contributed by atoms with Crippen LogP contribution in [0, 0.1) is 0 Å². The highest BCUT2D eigenvalue weighted by atomic mass is 16.5. The third-order valence-electron chi connectivity index (χ3n) is 2.37. The summed E-state index contributed by atoms with van der Waals surface area (Å²) in [5.41, 5.74) is 0.916. The number of nitrogens with zero attached hydrogens (tertiary/aromatic N) is 1. The number of imide groups is 1. The van der Waals surface area contributed by atoms with Gasteiger partial charge in [-0.2, -0.15) is 5.06 Å². The molecule has 1 aliphatic rings. The number of hydrogen-bond donors (Lipinski definition) is 1. The predicted octanol–water partition coefficient (Wildman–Crippen LogP) is 0.720. The van der Waals surface area contributed by atoms with Crippen molar-refractivity contribution >= 4 is 11.8 Å². The van der Waals surface area contributed by atoms with Gasteiger partial charge in [-0.25, -0.2) is 0 Å². The zero-order chi connectivity index (χ0) is 11.5. The SMILES string of the molecule is O=C1CC(OCc2ccccc2)C(=O)N1O. The smallest absolute Gasteiger partial charge is 0.282 e. The monoisotopic (exact) mass is 221 g/mol. The molecule has 1 fully saturated rings. The van der Waals surface area contributed by atoms with E-state index in [1.54, 1.807) is 0 Å². The van der Waals surface area contributed by atoms with Crippen molar-refractivity contribution in [2.75, 3.05) is 0 Å². The minimum atomic E-state index is -0.863. The fourth-order valence-electron chi connectivity index (χ4n) is 1.49. The Morgan fingerprint density at radius 1 is 1.31 bits per heavy atom. The standard InChI is InChI=1S/C11H11NO4/c13-10-6-9(11(14)12(10)15)16-7-8-4-2-1-3-5-8/h1-5,9,15H,6-7H2. The quantitative estimate of drug-likeness (QED) is 0.603. The first kappa shape index (κ1) is 10.8. The Hall–Kier alpha value is -1.72. The molecule has 0 aliphatic carbocycles. The second-order valence-corrected chi connectivity index (χ2v) is 3.53. The molecular weight excluding hydrogens is 210 g/mol. The summed E-state index contributed by atoms with van der Waals surface area (Å²) in [4.78, 5) is 22.2. The molecule has 84 valence electrons. The van der Waals surface area contributed by atoms with E-state index < -0.39 is 17.9 Å². The van der Waals surface area contributed by atoms with E-state index in [4.69, 9.17) is 9.94 Å². The average molecular weight is 221 g/mol. The van der Waals surface area contributed by atoms with Gasteiger partial charge in [0.25, 0.3) is 11.8 Å². The van der Waals surface area contributed by atoms with Crippen molar-refractivity contribution in [1.82, 2.24) is 5.06 Å². The van der Waals surface area contributed by atoms with Crippen LogP contribution < -0.4 is 0 Å². The fraction of sp³-hybridized carbons (Fsp3) is 0.273. The highest BCUT2D eigenvalue weighted by Crippen LogP contribution is 2.15. The summed E-state index contributed by atoms with van der Waals surface area (Å²) in [6.45, 7) is 0.248. The highest BCUT2D eigenvalue weighted by Gasteiger charge is 2.38. The van der Waals surface area contributed by atoms with Gasteiger partial charge in [-0.15, -0.1) is 0 Å². The Bertz CT molecular complexity index is 404. The maximum atomic E-state index is 11.3. The molecule has 1 heterocycles. The van der Waals surface area contributed by atoms with E-state index in [1.807, 2.05) is 30.3 Å². The van der Waals surface area contributed by atoms with Gasteiger partial charge in [-0.1, -0.05) is 30.3 Å². The van der Waals surface area contributed by atoms with E-state index >= 15 is 0 Å². The molecule has 5 nitrogen and oxygen atoms in total. The van der Waals surface area contributed by atoms with Crippen molar-refractivity contribution in [2.45, 2.75) is 19.1 Å². The van der Waals surface area contributed by atoms with Crippen molar-refractivity contribution in [3.8, 4) is 0 Å². The van der Waals surface area contributed by atoms with Gasteiger partial charge < -0.3 is 4.74 Å². The normalized spacial score (nSPS) is 20.6. The van der Waals surface area contributed by atoms with E-state index in [0.29, 0.717) is 0 Å². The molecular formula is C11H11NO4. The van der Waals surface area contributed by atoms with Crippen LogP contribution in [0.25, 0.3) is 0 Å². The van der Waals surface area contributed by atoms with Crippen LogP contribution in [-0.2, 0) is 20.9 Å². The summed E-state index contributed by atoms with van der Waals surface area (Å²) < 4.78 is 5.27. The first-order valence-corrected chi connectivity index (χ1v) is 4.89. The van der Waals surface area contributed by atoms with Crippen LogP contribution in [0.5, 0.6) is 0 Å². The first-order valence-electron chi connectivity index (χ1n) is 4.89. The molecule has 0 aromatic heterocycles. The Labute approximate surface area is 92.2 Å². The van der Waals surface area contributed by atoms with Crippen LogP contribution >= 0.6 is 0 Å². The molecule has 16 heavy (non-hydrogen) atoms. The number of hydrogen-bond acceptors (Lipinski definition) is 4. The molecule has 0 bridgehead atoms. The lowest BCUT2D eigenvalue weighted by atomic mass is 10.2. The van der Waals surface area contributed by atoms with Gasteiger partial charge >= 0.3 is 0 Å². The molecule has 1 unspecified atom stereocenters. The van der Waals surface area contributed by atoms with Crippen molar-refractivity contribution < 1.29 is 19.5 Å². The maximum absolute atomic E-state index is 11.3. The van der Waals surface area contributed by atoms with Crippen LogP contribution in [0.2, 0.25) is 0 Å². The van der Waals surface area contributed by atoms with Crippen molar-refractivity contribution in [1.29, 1.82) is 0 Å². The van der Waals surface area contributed by atoms with Gasteiger partial charge in [0.1, 0.15) is 6.10 Å². The van der Waals surface area contributed by atoms with E-state index in [9.17, 15) is 9.59 Å². The number of benzene rings is 1. The number of hydroxylamine groups is 2. The molecule has 0 spiro atoms. The second kappa shape index (κ2) is 4.42. The van der Waals surface area contributed by atoms with Crippen LogP contribution in [0.4, 0.5) is 0 Å². The molecule has 1 N–H and O–H groups in total. The summed E-state index contributed by atoms with van der Waals surface area (Å²) in [6, 6.07) is 9.32. The third kappa shape index (κ3) is 2.10. The lowest BCUT2D eigenvalue weighted by molar-refractivity contribution is -0.174. The lowest BCUT2D eigenvalue weighted by Gasteiger charge is -2.09. The molecule has 5 heteroatoms. The predicted molar refractivity (Wildman–Crippen MR) is 53.3 cm³/mol. The Kier molecular flexibility index (Phi) is 2.98. The van der Waals surface area contributed by atoms with Gasteiger partial charge in [-0.3, -0.25) is 14.8 Å². The van der Waals surface area contributed by atoms with Crippen LogP contribution in [0.15, 0.2) is 30.3 Å². The van der Waals surface area contributed by atoms with Gasteiger partial charge in [0, 0.05) is 0 Å². The van der Waals surface area contributed by atoms with E-state index in [-0.39, 0.29) is 18.1 Å². The minimum Gasteiger partial charge on any atom is -0.363 e. The lowest BCUT2D eigenvalue weighted by Crippen LogP contribution is -2.29. The third-order valence-corrected chi connectivity index (χ3v) is 2.37. The number of rotatable bonds is 3. The molecule has 1 aliphatic heterocycles. The molecule has 1 atom stereocenters. The van der Waals surface area contributed by atoms with E-state index in [0.717, 1.165) is 5.56 Å². The van der Waals surface area contributed by atoms with Crippen LogP contribution in [0.3, 0.4) is 0 Å². The fourth-order valence-corrected chi connectivity index (χ4v) is 1.49. The Balaban J connectivity index is 1.92. The van der Waals surface area contributed by atoms with Crippen molar-refractivity contribution in [3.05, 3.63) is 35.9 Å². The summed E-state index contributed by atoms with van der Waals surface area (Å²) >= 11 is 0. The molecule has 1 aromatic carbocycles. The maximum Gasteiger partial charge on any atom is 0.282 e.